The van der Waals surface area contributed by atoms with Crippen LogP contribution in [-0.4, -0.2) is 26.1 Å². The summed E-state index contributed by atoms with van der Waals surface area (Å²) < 4.78 is 11.3. The molecule has 7 heteroatoms. The maximum Gasteiger partial charge on any atom is 0.274 e. The number of H-pyrrole nitrogens is 2. The van der Waals surface area contributed by atoms with E-state index in [1.54, 1.807) is 19.4 Å². The molecular formula is C18H24FN5O. The van der Waals surface area contributed by atoms with Gasteiger partial charge < -0.3 is 10.3 Å². The lowest BCUT2D eigenvalue weighted by Gasteiger charge is -2.04. The van der Waals surface area contributed by atoms with Crippen molar-refractivity contribution in [3.8, 4) is 24.1 Å². The van der Waals surface area contributed by atoms with Crippen molar-refractivity contribution in [3.05, 3.63) is 47.6 Å². The number of carbonyl (C=O) groups excluding carboxylic acids is 1. The lowest BCUT2D eigenvalue weighted by Crippen LogP contribution is -2.22. The highest BCUT2D eigenvalue weighted by molar-refractivity contribution is 5.99. The molecule has 1 amide bonds. The Morgan fingerprint density at radius 1 is 1.28 bits per heavy atom. The Morgan fingerprint density at radius 3 is 2.32 bits per heavy atom. The number of nitrogens with zero attached hydrogens (tertiary/aromatic N) is 2. The predicted molar refractivity (Wildman–Crippen MR) is 98.2 cm³/mol. The molecule has 0 aliphatic carbocycles. The number of aromatic nitrogens is 4. The quantitative estimate of drug-likeness (QED) is 0.738. The number of nitrogens with one attached hydrogen (secondary N) is 3. The van der Waals surface area contributed by atoms with Crippen molar-refractivity contribution >= 4 is 5.91 Å². The summed E-state index contributed by atoms with van der Waals surface area (Å²) in [5.41, 5.74) is 3.51. The summed E-state index contributed by atoms with van der Waals surface area (Å²) in [6, 6.07) is 0. The number of hydrogen-bond acceptors (Lipinski definition) is 3. The number of amides is 1. The number of aromatic amines is 2. The third kappa shape index (κ3) is 6.87. The number of hydrogen-bond donors (Lipinski definition) is 3. The fraction of sp³-hybridized carbons (Fsp3) is 0.278. The van der Waals surface area contributed by atoms with Gasteiger partial charge in [-0.05, 0) is 34.6 Å². The average molecular weight is 345 g/mol. The fourth-order valence-corrected chi connectivity index (χ4v) is 1.58. The van der Waals surface area contributed by atoms with Gasteiger partial charge in [0.05, 0.1) is 29.6 Å². The van der Waals surface area contributed by atoms with Gasteiger partial charge in [-0.3, -0.25) is 9.89 Å². The van der Waals surface area contributed by atoms with Crippen molar-refractivity contribution in [1.82, 2.24) is 25.5 Å². The zero-order chi connectivity index (χ0) is 19.4. The minimum Gasteiger partial charge on any atom is -0.348 e. The van der Waals surface area contributed by atoms with Crippen molar-refractivity contribution in [2.24, 2.45) is 0 Å². The van der Waals surface area contributed by atoms with Crippen LogP contribution in [0.4, 0.5) is 4.39 Å². The van der Waals surface area contributed by atoms with Crippen LogP contribution in [0.5, 0.6) is 0 Å². The van der Waals surface area contributed by atoms with Gasteiger partial charge in [-0.15, -0.1) is 12.8 Å². The van der Waals surface area contributed by atoms with Crippen molar-refractivity contribution in [2.75, 3.05) is 0 Å². The molecule has 2 aromatic rings. The number of terminal acetylenes is 1. The first kappa shape index (κ1) is 21.9. The van der Waals surface area contributed by atoms with Gasteiger partial charge in [0.1, 0.15) is 5.69 Å². The van der Waals surface area contributed by atoms with E-state index in [0.717, 1.165) is 17.1 Å². The van der Waals surface area contributed by atoms with Gasteiger partial charge in [-0.2, -0.15) is 5.10 Å². The monoisotopic (exact) mass is 345 g/mol. The molecular weight excluding hydrogens is 321 g/mol. The highest BCUT2D eigenvalue weighted by Crippen LogP contribution is 2.22. The molecule has 134 valence electrons. The zero-order valence-corrected chi connectivity index (χ0v) is 15.1. The maximum absolute atomic E-state index is 12.0. The molecule has 25 heavy (non-hydrogen) atoms. The van der Waals surface area contributed by atoms with Gasteiger partial charge in [0.25, 0.3) is 5.91 Å². The van der Waals surface area contributed by atoms with E-state index in [-0.39, 0.29) is 11.7 Å². The standard InChI is InChI=1S/C12H15N5O.C4H7F.C2H2/c1-4-7(2)16-12(18)11-9(5-15-17-11)10-8(3)13-6-14-10;1-3-4(2)5;1-2/h4-6H,1-3H3,(H,13,14)(H,15,17)(H,16,18);3H,1-2H3;1-2H/b7-4+;4-3+;. The van der Waals surface area contributed by atoms with Gasteiger partial charge in [-0.1, -0.05) is 12.2 Å². The normalized spacial score (nSPS) is 10.9. The number of rotatable bonds is 3. The summed E-state index contributed by atoms with van der Waals surface area (Å²) >= 11 is 0. The summed E-state index contributed by atoms with van der Waals surface area (Å²) in [5.74, 6) is -0.342. The van der Waals surface area contributed by atoms with E-state index in [1.165, 1.54) is 13.0 Å². The Morgan fingerprint density at radius 2 is 1.88 bits per heavy atom. The molecule has 0 aliphatic heterocycles. The van der Waals surface area contributed by atoms with E-state index < -0.39 is 0 Å². The molecule has 6 nitrogen and oxygen atoms in total. The summed E-state index contributed by atoms with van der Waals surface area (Å²) in [4.78, 5) is 19.2. The van der Waals surface area contributed by atoms with Crippen LogP contribution < -0.4 is 5.32 Å². The Labute approximate surface area is 147 Å². The molecule has 2 rings (SSSR count). The SMILES string of the molecule is C#C.C/C=C(\C)F.C/C=C(\C)NC(=O)c1[nH]ncc1-c1nc[nH]c1C. The molecule has 2 aromatic heterocycles. The second kappa shape index (κ2) is 11.4. The van der Waals surface area contributed by atoms with E-state index >= 15 is 0 Å². The molecule has 2 heterocycles. The first-order valence-corrected chi connectivity index (χ1v) is 7.50. The summed E-state index contributed by atoms with van der Waals surface area (Å²) in [6.45, 7) is 8.67. The first-order valence-electron chi connectivity index (χ1n) is 7.50. The molecule has 0 unspecified atom stereocenters. The number of carbonyl (C=O) groups is 1. The van der Waals surface area contributed by atoms with Gasteiger partial charge in [0, 0.05) is 11.4 Å². The van der Waals surface area contributed by atoms with E-state index in [0.29, 0.717) is 11.3 Å². The molecule has 0 bridgehead atoms. The number of aryl methyl sites for hydroxylation is 1. The Hall–Kier alpha value is -3.14. The first-order chi connectivity index (χ1) is 11.9. The average Bonchev–Trinajstić information content (AvgIpc) is 3.25. The Kier molecular flexibility index (Phi) is 9.97. The number of imidazole rings is 1. The molecule has 3 N–H and O–H groups in total. The van der Waals surface area contributed by atoms with Crippen LogP contribution in [0.1, 0.15) is 43.9 Å². The molecule has 0 aromatic carbocycles. The van der Waals surface area contributed by atoms with Crippen LogP contribution in [0.2, 0.25) is 0 Å². The van der Waals surface area contributed by atoms with E-state index in [9.17, 15) is 9.18 Å². The fourth-order valence-electron chi connectivity index (χ4n) is 1.58. The number of allylic oxidation sites excluding steroid dienone is 4. The molecule has 0 atom stereocenters. The van der Waals surface area contributed by atoms with Gasteiger partial charge in [-0.25, -0.2) is 9.37 Å². The minimum absolute atomic E-state index is 0.120. The van der Waals surface area contributed by atoms with Crippen molar-refractivity contribution in [3.63, 3.8) is 0 Å². The van der Waals surface area contributed by atoms with Gasteiger partial charge in [0.2, 0.25) is 0 Å². The van der Waals surface area contributed by atoms with Crippen LogP contribution >= 0.6 is 0 Å². The van der Waals surface area contributed by atoms with Crippen LogP contribution in [0, 0.1) is 19.8 Å². The number of halogens is 1. The second-order valence-electron chi connectivity index (χ2n) is 4.84. The third-order valence-electron chi connectivity index (χ3n) is 3.09. The highest BCUT2D eigenvalue weighted by atomic mass is 19.1. The zero-order valence-electron chi connectivity index (χ0n) is 15.1. The third-order valence-corrected chi connectivity index (χ3v) is 3.09. The Bertz CT molecular complexity index is 748. The highest BCUT2D eigenvalue weighted by Gasteiger charge is 2.18. The summed E-state index contributed by atoms with van der Waals surface area (Å²) in [7, 11) is 0. The van der Waals surface area contributed by atoms with E-state index in [1.807, 2.05) is 26.8 Å². The smallest absolute Gasteiger partial charge is 0.274 e. The maximum atomic E-state index is 12.0. The van der Waals surface area contributed by atoms with Crippen molar-refractivity contribution in [1.29, 1.82) is 0 Å². The molecule has 0 spiro atoms. The summed E-state index contributed by atoms with van der Waals surface area (Å²) in [5, 5.41) is 9.39. The van der Waals surface area contributed by atoms with Gasteiger partial charge >= 0.3 is 0 Å². The molecule has 0 aliphatic rings. The summed E-state index contributed by atoms with van der Waals surface area (Å²) in [6.07, 6.45) is 14.4. The van der Waals surface area contributed by atoms with Crippen LogP contribution in [-0.2, 0) is 0 Å². The molecule has 0 saturated carbocycles. The lowest BCUT2D eigenvalue weighted by atomic mass is 10.1. The molecule has 0 radical (unpaired) electrons. The second-order valence-corrected chi connectivity index (χ2v) is 4.84. The largest absolute Gasteiger partial charge is 0.348 e. The van der Waals surface area contributed by atoms with E-state index in [4.69, 9.17) is 0 Å². The topological polar surface area (TPSA) is 86.5 Å². The van der Waals surface area contributed by atoms with Crippen LogP contribution in [0.3, 0.4) is 0 Å². The Balaban J connectivity index is 0.000000710. The minimum atomic E-state index is -0.222. The van der Waals surface area contributed by atoms with Crippen LogP contribution in [0.25, 0.3) is 11.3 Å². The van der Waals surface area contributed by atoms with Crippen molar-refractivity contribution in [2.45, 2.75) is 34.6 Å². The molecule has 0 saturated heterocycles. The lowest BCUT2D eigenvalue weighted by molar-refractivity contribution is 0.0961. The molecule has 0 fully saturated rings. The van der Waals surface area contributed by atoms with E-state index in [2.05, 4.69) is 38.3 Å². The predicted octanol–water partition coefficient (Wildman–Crippen LogP) is 3.89. The van der Waals surface area contributed by atoms with Gasteiger partial charge in [0.15, 0.2) is 0 Å². The van der Waals surface area contributed by atoms with Crippen molar-refractivity contribution < 1.29 is 9.18 Å². The van der Waals surface area contributed by atoms with Crippen LogP contribution in [0.15, 0.2) is 36.2 Å².